The van der Waals surface area contributed by atoms with Crippen molar-refractivity contribution in [2.24, 2.45) is 0 Å². The number of alkyl halides is 2. The molecule has 12 heavy (non-hydrogen) atoms. The van der Waals surface area contributed by atoms with Crippen LogP contribution in [0.5, 0.6) is 0 Å². The smallest absolute Gasteiger partial charge is 0.266 e. The molecule has 2 unspecified atom stereocenters. The van der Waals surface area contributed by atoms with E-state index in [4.69, 9.17) is 11.6 Å². The molecule has 4 heteroatoms. The molecule has 0 heterocycles. The van der Waals surface area contributed by atoms with Crippen molar-refractivity contribution >= 4 is 16.8 Å². The maximum Gasteiger partial charge on any atom is 0.266 e. The van der Waals surface area contributed by atoms with Gasteiger partial charge in [-0.15, -0.1) is 0 Å². The van der Waals surface area contributed by atoms with Crippen LogP contribution in [0.4, 0.5) is 8.78 Å². The average molecular weight is 193 g/mol. The van der Waals surface area contributed by atoms with Crippen molar-refractivity contribution in [3.05, 3.63) is 23.8 Å². The zero-order valence-corrected chi connectivity index (χ0v) is 7.11. The molecule has 0 aromatic carbocycles. The highest BCUT2D eigenvalue weighted by Crippen LogP contribution is 2.32. The molecule has 0 N–H and O–H groups in total. The van der Waals surface area contributed by atoms with Gasteiger partial charge in [-0.2, -0.15) is 0 Å². The highest BCUT2D eigenvalue weighted by Gasteiger charge is 2.45. The minimum atomic E-state index is -2.68. The van der Waals surface area contributed by atoms with E-state index in [-0.39, 0.29) is 5.57 Å². The van der Waals surface area contributed by atoms with Gasteiger partial charge in [0.2, 0.25) is 5.67 Å². The molecule has 0 saturated heterocycles. The number of carbonyl (C=O) groups excluding carboxylic acids is 1. The molecule has 0 aromatic heterocycles. The fourth-order valence-electron chi connectivity index (χ4n) is 1.01. The van der Waals surface area contributed by atoms with Crippen molar-refractivity contribution < 1.29 is 13.6 Å². The van der Waals surface area contributed by atoms with Crippen LogP contribution in [0.25, 0.3) is 0 Å². The van der Waals surface area contributed by atoms with E-state index in [0.29, 0.717) is 0 Å². The van der Waals surface area contributed by atoms with Crippen molar-refractivity contribution in [2.45, 2.75) is 18.8 Å². The Labute approximate surface area is 73.7 Å². The molecule has 2 atom stereocenters. The van der Waals surface area contributed by atoms with E-state index in [0.717, 1.165) is 6.08 Å². The first-order chi connectivity index (χ1) is 5.48. The third-order valence-corrected chi connectivity index (χ3v) is 2.06. The topological polar surface area (TPSA) is 17.1 Å². The van der Waals surface area contributed by atoms with Crippen LogP contribution < -0.4 is 0 Å². The summed E-state index contributed by atoms with van der Waals surface area (Å²) in [6, 6.07) is 0. The lowest BCUT2D eigenvalue weighted by Gasteiger charge is -2.24. The van der Waals surface area contributed by atoms with Gasteiger partial charge in [-0.25, -0.2) is 8.78 Å². The molecule has 0 amide bonds. The number of hydrogen-bond acceptors (Lipinski definition) is 1. The number of allylic oxidation sites excluding steroid dienone is 4. The predicted molar refractivity (Wildman–Crippen MR) is 42.5 cm³/mol. The second kappa shape index (κ2) is 2.98. The normalized spacial score (nSPS) is 34.7. The van der Waals surface area contributed by atoms with Gasteiger partial charge in [-0.05, 0) is 30.2 Å². The minimum Gasteiger partial charge on any atom is -0.277 e. The number of carbonyl (C=O) groups is 1. The molecule has 66 valence electrons. The van der Waals surface area contributed by atoms with E-state index in [2.05, 4.69) is 0 Å². The standard InChI is InChI=1S/C8H7ClF2O/c1-5-3-2-4-8(11,6(5)10)7(9)12/h2-4,6H,1H3. The van der Waals surface area contributed by atoms with Crippen LogP contribution >= 0.6 is 11.6 Å². The molecule has 0 aliphatic heterocycles. The molecule has 1 rings (SSSR count). The average Bonchev–Trinajstić information content (AvgIpc) is 2.00. The van der Waals surface area contributed by atoms with Crippen LogP contribution in [0, 0.1) is 0 Å². The minimum absolute atomic E-state index is 0.161. The maximum absolute atomic E-state index is 13.4. The molecule has 0 fully saturated rings. The predicted octanol–water partition coefficient (Wildman–Crippen LogP) is 2.31. The summed E-state index contributed by atoms with van der Waals surface area (Å²) in [5.74, 6) is 0. The lowest BCUT2D eigenvalue weighted by atomic mass is 9.91. The molecular formula is C8H7ClF2O. The number of hydrogen-bond donors (Lipinski definition) is 0. The van der Waals surface area contributed by atoms with E-state index in [1.807, 2.05) is 0 Å². The molecule has 1 nitrogen and oxygen atoms in total. The second-order valence-corrected chi connectivity index (χ2v) is 3.02. The summed E-state index contributed by atoms with van der Waals surface area (Å²) < 4.78 is 26.4. The molecule has 0 saturated carbocycles. The Morgan fingerprint density at radius 3 is 2.75 bits per heavy atom. The molecule has 0 bridgehead atoms. The zero-order valence-electron chi connectivity index (χ0n) is 6.35. The molecule has 0 radical (unpaired) electrons. The van der Waals surface area contributed by atoms with Crippen LogP contribution in [0.15, 0.2) is 23.8 Å². The van der Waals surface area contributed by atoms with E-state index >= 15 is 0 Å². The lowest BCUT2D eigenvalue weighted by Crippen LogP contribution is -2.40. The van der Waals surface area contributed by atoms with E-state index < -0.39 is 17.1 Å². The van der Waals surface area contributed by atoms with Gasteiger partial charge in [0.05, 0.1) is 0 Å². The number of halogens is 3. The summed E-state index contributed by atoms with van der Waals surface area (Å²) >= 11 is 4.93. The third-order valence-electron chi connectivity index (χ3n) is 1.77. The SMILES string of the molecule is CC1=CC=CC(F)(C(=O)Cl)C1F. The van der Waals surface area contributed by atoms with Crippen molar-refractivity contribution in [1.29, 1.82) is 0 Å². The highest BCUT2D eigenvalue weighted by atomic mass is 35.5. The fraction of sp³-hybridized carbons (Fsp3) is 0.375. The van der Waals surface area contributed by atoms with Gasteiger partial charge in [-0.1, -0.05) is 12.2 Å². The quantitative estimate of drug-likeness (QED) is 0.583. The van der Waals surface area contributed by atoms with Gasteiger partial charge in [0, 0.05) is 0 Å². The molecule has 1 aliphatic carbocycles. The molecule has 1 aliphatic rings. The first-order valence-corrected chi connectivity index (χ1v) is 3.75. The van der Waals surface area contributed by atoms with Gasteiger partial charge in [0.15, 0.2) is 6.17 Å². The zero-order chi connectivity index (χ0) is 9.35. The van der Waals surface area contributed by atoms with Crippen LogP contribution in [0.3, 0.4) is 0 Å². The van der Waals surface area contributed by atoms with E-state index in [1.54, 1.807) is 0 Å². The Morgan fingerprint density at radius 2 is 2.33 bits per heavy atom. The summed E-state index contributed by atoms with van der Waals surface area (Å²) in [6.07, 6.45) is 1.56. The summed E-state index contributed by atoms with van der Waals surface area (Å²) in [5, 5.41) is -1.32. The second-order valence-electron chi connectivity index (χ2n) is 2.67. The van der Waals surface area contributed by atoms with Crippen molar-refractivity contribution in [3.8, 4) is 0 Å². The van der Waals surface area contributed by atoms with Crippen LogP contribution in [0.1, 0.15) is 6.92 Å². The first-order valence-electron chi connectivity index (χ1n) is 3.37. The van der Waals surface area contributed by atoms with Crippen LogP contribution in [0.2, 0.25) is 0 Å². The van der Waals surface area contributed by atoms with Gasteiger partial charge in [0.25, 0.3) is 5.24 Å². The number of rotatable bonds is 1. The summed E-state index contributed by atoms with van der Waals surface area (Å²) in [5.41, 5.74) is -2.52. The van der Waals surface area contributed by atoms with Crippen molar-refractivity contribution in [3.63, 3.8) is 0 Å². The fourth-order valence-corrected chi connectivity index (χ4v) is 1.16. The Bertz CT molecular complexity index is 272. The highest BCUT2D eigenvalue weighted by molar-refractivity contribution is 6.65. The first kappa shape index (κ1) is 9.39. The third kappa shape index (κ3) is 1.29. The largest absolute Gasteiger partial charge is 0.277 e. The molecule has 0 spiro atoms. The van der Waals surface area contributed by atoms with Crippen LogP contribution in [-0.2, 0) is 4.79 Å². The summed E-state index contributed by atoms with van der Waals surface area (Å²) in [4.78, 5) is 10.5. The van der Waals surface area contributed by atoms with Crippen LogP contribution in [-0.4, -0.2) is 17.1 Å². The lowest BCUT2D eigenvalue weighted by molar-refractivity contribution is -0.122. The van der Waals surface area contributed by atoms with Gasteiger partial charge in [0.1, 0.15) is 0 Å². The summed E-state index contributed by atoms with van der Waals surface area (Å²) in [7, 11) is 0. The Morgan fingerprint density at radius 1 is 1.75 bits per heavy atom. The van der Waals surface area contributed by atoms with Gasteiger partial charge >= 0.3 is 0 Å². The summed E-state index contributed by atoms with van der Waals surface area (Å²) in [6.45, 7) is 1.41. The Balaban J connectivity index is 3.03. The van der Waals surface area contributed by atoms with Crippen molar-refractivity contribution in [1.82, 2.24) is 0 Å². The Hall–Kier alpha value is -0.700. The van der Waals surface area contributed by atoms with Gasteiger partial charge < -0.3 is 0 Å². The van der Waals surface area contributed by atoms with E-state index in [9.17, 15) is 13.6 Å². The maximum atomic E-state index is 13.4. The monoisotopic (exact) mass is 192 g/mol. The molecular weight excluding hydrogens is 186 g/mol. The molecule has 0 aromatic rings. The van der Waals surface area contributed by atoms with Gasteiger partial charge in [-0.3, -0.25) is 4.79 Å². The Kier molecular flexibility index (Phi) is 2.33. The van der Waals surface area contributed by atoms with E-state index in [1.165, 1.54) is 19.1 Å². The van der Waals surface area contributed by atoms with Crippen molar-refractivity contribution in [2.75, 3.05) is 0 Å².